The Hall–Kier alpha value is -2.22. The molecule has 0 spiro atoms. The maximum Gasteiger partial charge on any atom is 0.261 e. The standard InChI is InChI=1S/C13H13N5O2S/c1-17-13(14-15-16-17)21-8-4-7-18-11(19)9-5-2-3-6-10(9)12(18)20/h2-3,5-6H,4,7-8H2,1H3. The van der Waals surface area contributed by atoms with Crippen molar-refractivity contribution >= 4 is 23.6 Å². The number of rotatable bonds is 5. The number of fused-ring (bicyclic) bond motifs is 1. The van der Waals surface area contributed by atoms with Crippen LogP contribution in [0.15, 0.2) is 29.4 Å². The molecule has 0 saturated carbocycles. The van der Waals surface area contributed by atoms with Gasteiger partial charge in [-0.3, -0.25) is 14.5 Å². The van der Waals surface area contributed by atoms with Gasteiger partial charge in [0.15, 0.2) is 0 Å². The van der Waals surface area contributed by atoms with Crippen LogP contribution in [0.2, 0.25) is 0 Å². The molecule has 1 aliphatic rings. The molecule has 1 aromatic carbocycles. The number of tetrazole rings is 1. The molecule has 108 valence electrons. The summed E-state index contributed by atoms with van der Waals surface area (Å²) in [6.07, 6.45) is 0.697. The van der Waals surface area contributed by atoms with Gasteiger partial charge in [0.2, 0.25) is 5.16 Å². The van der Waals surface area contributed by atoms with Crippen LogP contribution in [0.3, 0.4) is 0 Å². The predicted molar refractivity (Wildman–Crippen MR) is 75.9 cm³/mol. The third-order valence-corrected chi connectivity index (χ3v) is 4.31. The first-order chi connectivity index (χ1) is 10.2. The Bertz CT molecular complexity index is 664. The highest BCUT2D eigenvalue weighted by Crippen LogP contribution is 2.23. The molecular formula is C13H13N5O2S. The van der Waals surface area contributed by atoms with Crippen molar-refractivity contribution < 1.29 is 9.59 Å². The minimum absolute atomic E-state index is 0.207. The summed E-state index contributed by atoms with van der Waals surface area (Å²) in [6, 6.07) is 6.92. The van der Waals surface area contributed by atoms with Crippen molar-refractivity contribution in [2.24, 2.45) is 7.05 Å². The van der Waals surface area contributed by atoms with Crippen molar-refractivity contribution in [2.75, 3.05) is 12.3 Å². The van der Waals surface area contributed by atoms with E-state index in [4.69, 9.17) is 0 Å². The Morgan fingerprint density at radius 3 is 2.38 bits per heavy atom. The smallest absolute Gasteiger partial charge is 0.261 e. The van der Waals surface area contributed by atoms with Gasteiger partial charge < -0.3 is 0 Å². The number of amides is 2. The van der Waals surface area contributed by atoms with E-state index in [2.05, 4.69) is 15.5 Å². The van der Waals surface area contributed by atoms with Gasteiger partial charge >= 0.3 is 0 Å². The van der Waals surface area contributed by atoms with Crippen molar-refractivity contribution in [3.8, 4) is 0 Å². The number of carbonyl (C=O) groups excluding carboxylic acids is 2. The molecule has 1 aromatic heterocycles. The summed E-state index contributed by atoms with van der Waals surface area (Å²) in [5.74, 6) is 0.323. The van der Waals surface area contributed by atoms with Crippen LogP contribution in [-0.4, -0.2) is 49.2 Å². The number of nitrogens with zero attached hydrogens (tertiary/aromatic N) is 5. The molecule has 0 aliphatic carbocycles. The second-order valence-corrected chi connectivity index (χ2v) is 5.66. The number of aromatic nitrogens is 4. The molecule has 1 aliphatic heterocycles. The summed E-state index contributed by atoms with van der Waals surface area (Å²) in [4.78, 5) is 25.6. The third kappa shape index (κ3) is 2.54. The van der Waals surface area contributed by atoms with Crippen molar-refractivity contribution in [3.63, 3.8) is 0 Å². The fraction of sp³-hybridized carbons (Fsp3) is 0.308. The molecule has 0 fully saturated rings. The highest BCUT2D eigenvalue weighted by molar-refractivity contribution is 7.99. The fourth-order valence-corrected chi connectivity index (χ4v) is 2.95. The Morgan fingerprint density at radius 2 is 1.81 bits per heavy atom. The summed E-state index contributed by atoms with van der Waals surface area (Å²) in [6.45, 7) is 0.407. The molecule has 2 aromatic rings. The molecule has 0 radical (unpaired) electrons. The minimum atomic E-state index is -0.207. The van der Waals surface area contributed by atoms with Gasteiger partial charge in [-0.05, 0) is 29.0 Å². The van der Waals surface area contributed by atoms with Crippen LogP contribution in [0.25, 0.3) is 0 Å². The Morgan fingerprint density at radius 1 is 1.14 bits per heavy atom. The van der Waals surface area contributed by atoms with E-state index in [0.29, 0.717) is 24.1 Å². The Balaban J connectivity index is 1.56. The van der Waals surface area contributed by atoms with E-state index in [1.165, 1.54) is 16.7 Å². The second kappa shape index (κ2) is 5.65. The number of imide groups is 1. The molecule has 8 heteroatoms. The number of thioether (sulfide) groups is 1. The average Bonchev–Trinajstić information content (AvgIpc) is 3.00. The number of hydrogen-bond acceptors (Lipinski definition) is 6. The van der Waals surface area contributed by atoms with Gasteiger partial charge in [0.05, 0.1) is 11.1 Å². The van der Waals surface area contributed by atoms with Gasteiger partial charge in [-0.1, -0.05) is 23.9 Å². The molecule has 7 nitrogen and oxygen atoms in total. The van der Waals surface area contributed by atoms with Gasteiger partial charge in [-0.15, -0.1) is 5.10 Å². The van der Waals surface area contributed by atoms with Gasteiger partial charge in [-0.25, -0.2) is 4.68 Å². The fourth-order valence-electron chi connectivity index (χ4n) is 2.17. The molecule has 2 amide bonds. The third-order valence-electron chi connectivity index (χ3n) is 3.22. The zero-order chi connectivity index (χ0) is 14.8. The first-order valence-corrected chi connectivity index (χ1v) is 7.47. The van der Waals surface area contributed by atoms with Gasteiger partial charge in [0.1, 0.15) is 0 Å². The molecule has 2 heterocycles. The van der Waals surface area contributed by atoms with E-state index < -0.39 is 0 Å². The second-order valence-electron chi connectivity index (χ2n) is 4.59. The number of aryl methyl sites for hydroxylation is 1. The van der Waals surface area contributed by atoms with Crippen LogP contribution in [0.5, 0.6) is 0 Å². The maximum atomic E-state index is 12.1. The van der Waals surface area contributed by atoms with Gasteiger partial charge in [0.25, 0.3) is 11.8 Å². The molecule has 3 rings (SSSR count). The molecular weight excluding hydrogens is 290 g/mol. The van der Waals surface area contributed by atoms with E-state index in [9.17, 15) is 9.59 Å². The van der Waals surface area contributed by atoms with E-state index >= 15 is 0 Å². The first-order valence-electron chi connectivity index (χ1n) is 6.49. The summed E-state index contributed by atoms with van der Waals surface area (Å²) < 4.78 is 1.59. The van der Waals surface area contributed by atoms with Gasteiger partial charge in [-0.2, -0.15) is 0 Å². The Kier molecular flexibility index (Phi) is 3.70. The topological polar surface area (TPSA) is 81.0 Å². The van der Waals surface area contributed by atoms with Crippen LogP contribution < -0.4 is 0 Å². The highest BCUT2D eigenvalue weighted by atomic mass is 32.2. The molecule has 0 N–H and O–H groups in total. The lowest BCUT2D eigenvalue weighted by molar-refractivity contribution is 0.0655. The largest absolute Gasteiger partial charge is 0.274 e. The summed E-state index contributed by atoms with van der Waals surface area (Å²) in [5.41, 5.74) is 0.986. The minimum Gasteiger partial charge on any atom is -0.274 e. The van der Waals surface area contributed by atoms with E-state index in [-0.39, 0.29) is 11.8 Å². The molecule has 0 atom stereocenters. The SMILES string of the molecule is Cn1nnnc1SCCCN1C(=O)c2ccccc2C1=O. The van der Waals surface area contributed by atoms with Gasteiger partial charge in [0, 0.05) is 19.3 Å². The number of hydrogen-bond donors (Lipinski definition) is 0. The zero-order valence-corrected chi connectivity index (χ0v) is 12.2. The maximum absolute atomic E-state index is 12.1. The lowest BCUT2D eigenvalue weighted by Crippen LogP contribution is -2.31. The highest BCUT2D eigenvalue weighted by Gasteiger charge is 2.34. The van der Waals surface area contributed by atoms with Crippen molar-refractivity contribution in [3.05, 3.63) is 35.4 Å². The van der Waals surface area contributed by atoms with E-state index in [0.717, 1.165) is 10.9 Å². The van der Waals surface area contributed by atoms with Crippen LogP contribution in [0.1, 0.15) is 27.1 Å². The summed E-state index contributed by atoms with van der Waals surface area (Å²) in [5, 5.41) is 11.9. The number of carbonyl (C=O) groups is 2. The van der Waals surface area contributed by atoms with Crippen LogP contribution in [0.4, 0.5) is 0 Å². The van der Waals surface area contributed by atoms with E-state index in [1.807, 2.05) is 0 Å². The molecule has 0 bridgehead atoms. The molecule has 0 unspecified atom stereocenters. The quantitative estimate of drug-likeness (QED) is 0.465. The monoisotopic (exact) mass is 303 g/mol. The first kappa shape index (κ1) is 13.7. The lowest BCUT2D eigenvalue weighted by Gasteiger charge is -2.12. The number of benzene rings is 1. The van der Waals surface area contributed by atoms with E-state index in [1.54, 1.807) is 36.0 Å². The van der Waals surface area contributed by atoms with Crippen molar-refractivity contribution in [1.82, 2.24) is 25.1 Å². The molecule has 21 heavy (non-hydrogen) atoms. The summed E-state index contributed by atoms with van der Waals surface area (Å²) in [7, 11) is 1.77. The normalized spacial score (nSPS) is 13.9. The molecule has 0 saturated heterocycles. The van der Waals surface area contributed by atoms with Crippen molar-refractivity contribution in [1.29, 1.82) is 0 Å². The Labute approximate surface area is 125 Å². The van der Waals surface area contributed by atoms with Crippen LogP contribution in [-0.2, 0) is 7.05 Å². The van der Waals surface area contributed by atoms with Crippen molar-refractivity contribution in [2.45, 2.75) is 11.6 Å². The van der Waals surface area contributed by atoms with Crippen LogP contribution >= 0.6 is 11.8 Å². The lowest BCUT2D eigenvalue weighted by atomic mass is 10.1. The predicted octanol–water partition coefficient (Wildman–Crippen LogP) is 0.988. The summed E-state index contributed by atoms with van der Waals surface area (Å²) >= 11 is 1.50. The average molecular weight is 303 g/mol. The van der Waals surface area contributed by atoms with Crippen LogP contribution in [0, 0.1) is 0 Å². The zero-order valence-electron chi connectivity index (χ0n) is 11.4.